The van der Waals surface area contributed by atoms with E-state index in [4.69, 9.17) is 5.73 Å². The summed E-state index contributed by atoms with van der Waals surface area (Å²) in [5, 5.41) is 0. The van der Waals surface area contributed by atoms with E-state index in [1.807, 2.05) is 0 Å². The normalized spacial score (nSPS) is 27.2. The van der Waals surface area contributed by atoms with E-state index in [0.29, 0.717) is 31.5 Å². The molecule has 0 aliphatic carbocycles. The molecular weight excluding hydrogens is 276 g/mol. The maximum Gasteiger partial charge on any atom is 0.211 e. The molecule has 2 rings (SSSR count). The summed E-state index contributed by atoms with van der Waals surface area (Å²) in [6.07, 6.45) is 4.48. The van der Waals surface area contributed by atoms with Gasteiger partial charge in [0.1, 0.15) is 0 Å². The summed E-state index contributed by atoms with van der Waals surface area (Å²) in [5.41, 5.74) is 6.04. The Balaban J connectivity index is 1.81. The van der Waals surface area contributed by atoms with E-state index in [-0.39, 0.29) is 0 Å². The highest BCUT2D eigenvalue weighted by Crippen LogP contribution is 2.19. The van der Waals surface area contributed by atoms with E-state index in [1.165, 1.54) is 23.4 Å². The zero-order valence-corrected chi connectivity index (χ0v) is 13.3. The first-order valence-corrected chi connectivity index (χ1v) is 9.21. The highest BCUT2D eigenvalue weighted by atomic mass is 32.2. The highest BCUT2D eigenvalue weighted by Gasteiger charge is 2.28. The van der Waals surface area contributed by atoms with Crippen molar-refractivity contribution in [3.05, 3.63) is 0 Å². The molecule has 0 saturated carbocycles. The van der Waals surface area contributed by atoms with Gasteiger partial charge < -0.3 is 10.6 Å². The largest absolute Gasteiger partial charge is 0.370 e. The minimum absolute atomic E-state index is 0.298. The molecule has 2 N–H and O–H groups in total. The lowest BCUT2D eigenvalue weighted by Gasteiger charge is -2.31. The van der Waals surface area contributed by atoms with Crippen LogP contribution in [0.1, 0.15) is 26.2 Å². The van der Waals surface area contributed by atoms with Gasteiger partial charge in [-0.15, -0.1) is 0 Å². The molecule has 1 atom stereocenters. The van der Waals surface area contributed by atoms with Crippen LogP contribution in [0.4, 0.5) is 0 Å². The zero-order valence-electron chi connectivity index (χ0n) is 12.5. The van der Waals surface area contributed by atoms with E-state index >= 15 is 0 Å². The van der Waals surface area contributed by atoms with Gasteiger partial charge in [-0.2, -0.15) is 0 Å². The number of rotatable bonds is 3. The number of sulfonamides is 1. The Kier molecular flexibility index (Phi) is 4.90. The Morgan fingerprint density at radius 2 is 1.90 bits per heavy atom. The molecule has 0 aromatic heterocycles. The van der Waals surface area contributed by atoms with Crippen LogP contribution in [-0.2, 0) is 10.0 Å². The minimum Gasteiger partial charge on any atom is -0.370 e. The third-order valence-corrected chi connectivity index (χ3v) is 5.61. The lowest BCUT2D eigenvalue weighted by Crippen LogP contribution is -2.42. The Labute approximate surface area is 122 Å². The van der Waals surface area contributed by atoms with E-state index < -0.39 is 10.0 Å². The summed E-state index contributed by atoms with van der Waals surface area (Å²) >= 11 is 0. The number of piperidine rings is 1. The maximum absolute atomic E-state index is 11.5. The number of hydrogen-bond acceptors (Lipinski definition) is 3. The molecule has 6 nitrogen and oxygen atoms in total. The van der Waals surface area contributed by atoms with Crippen molar-refractivity contribution in [2.24, 2.45) is 22.6 Å². The topological polar surface area (TPSA) is 79.0 Å². The van der Waals surface area contributed by atoms with Crippen LogP contribution in [0.2, 0.25) is 0 Å². The molecule has 2 fully saturated rings. The van der Waals surface area contributed by atoms with Crippen molar-refractivity contribution in [3.63, 3.8) is 0 Å². The first-order valence-electron chi connectivity index (χ1n) is 7.36. The number of nitrogens with zero attached hydrogens (tertiary/aromatic N) is 3. The summed E-state index contributed by atoms with van der Waals surface area (Å²) in [6, 6.07) is 0. The van der Waals surface area contributed by atoms with Crippen LogP contribution in [-0.4, -0.2) is 62.6 Å². The van der Waals surface area contributed by atoms with Crippen molar-refractivity contribution in [1.82, 2.24) is 9.21 Å². The second-order valence-corrected chi connectivity index (χ2v) is 8.13. The fourth-order valence-corrected chi connectivity index (χ4v) is 3.73. The predicted octanol–water partition coefficient (Wildman–Crippen LogP) is 0.315. The van der Waals surface area contributed by atoms with Crippen LogP contribution in [0.3, 0.4) is 0 Å². The second-order valence-electron chi connectivity index (χ2n) is 6.14. The van der Waals surface area contributed by atoms with E-state index in [1.54, 1.807) is 0 Å². The molecule has 2 heterocycles. The first kappa shape index (κ1) is 15.6. The van der Waals surface area contributed by atoms with Gasteiger partial charge in [0.2, 0.25) is 10.0 Å². The highest BCUT2D eigenvalue weighted by molar-refractivity contribution is 7.88. The van der Waals surface area contributed by atoms with Gasteiger partial charge in [0.05, 0.1) is 6.26 Å². The SMILES string of the molecule is CC1CCN(C(N)=NCC2CCN(S(C)(=O)=O)C2)CC1. The molecule has 0 amide bonds. The van der Waals surface area contributed by atoms with Crippen LogP contribution < -0.4 is 5.73 Å². The van der Waals surface area contributed by atoms with Gasteiger partial charge in [0.25, 0.3) is 0 Å². The van der Waals surface area contributed by atoms with Gasteiger partial charge in [-0.3, -0.25) is 4.99 Å². The summed E-state index contributed by atoms with van der Waals surface area (Å²) in [7, 11) is -3.06. The zero-order chi connectivity index (χ0) is 14.8. The monoisotopic (exact) mass is 302 g/mol. The number of guanidine groups is 1. The van der Waals surface area contributed by atoms with Gasteiger partial charge >= 0.3 is 0 Å². The van der Waals surface area contributed by atoms with Gasteiger partial charge in [-0.1, -0.05) is 6.92 Å². The molecule has 0 radical (unpaired) electrons. The van der Waals surface area contributed by atoms with Crippen LogP contribution in [0.25, 0.3) is 0 Å². The van der Waals surface area contributed by atoms with Gasteiger partial charge in [0, 0.05) is 32.7 Å². The molecule has 116 valence electrons. The fourth-order valence-electron chi connectivity index (χ4n) is 2.81. The van der Waals surface area contributed by atoms with Crippen LogP contribution in [0.5, 0.6) is 0 Å². The Bertz CT molecular complexity index is 455. The van der Waals surface area contributed by atoms with E-state index in [0.717, 1.165) is 25.4 Å². The van der Waals surface area contributed by atoms with Crippen molar-refractivity contribution in [2.45, 2.75) is 26.2 Å². The number of likely N-dealkylation sites (tertiary alicyclic amines) is 1. The van der Waals surface area contributed by atoms with Gasteiger partial charge in [-0.05, 0) is 31.1 Å². The third kappa shape index (κ3) is 4.09. The molecule has 1 unspecified atom stereocenters. The minimum atomic E-state index is -3.06. The summed E-state index contributed by atoms with van der Waals surface area (Å²) < 4.78 is 24.4. The fraction of sp³-hybridized carbons (Fsp3) is 0.923. The maximum atomic E-state index is 11.5. The Morgan fingerprint density at radius 1 is 1.25 bits per heavy atom. The van der Waals surface area contributed by atoms with Crippen LogP contribution in [0, 0.1) is 11.8 Å². The smallest absolute Gasteiger partial charge is 0.211 e. The molecule has 2 saturated heterocycles. The van der Waals surface area contributed by atoms with Crippen molar-refractivity contribution in [1.29, 1.82) is 0 Å². The first-order chi connectivity index (χ1) is 9.36. The summed E-state index contributed by atoms with van der Waals surface area (Å²) in [5.74, 6) is 1.69. The molecule has 0 spiro atoms. The molecule has 0 aromatic rings. The summed E-state index contributed by atoms with van der Waals surface area (Å²) in [4.78, 5) is 6.61. The average Bonchev–Trinajstić information content (AvgIpc) is 2.85. The number of aliphatic imine (C=N–C) groups is 1. The Hall–Kier alpha value is -0.820. The van der Waals surface area contributed by atoms with Crippen molar-refractivity contribution < 1.29 is 8.42 Å². The van der Waals surface area contributed by atoms with Gasteiger partial charge in [0.15, 0.2) is 5.96 Å². The Morgan fingerprint density at radius 3 is 2.45 bits per heavy atom. The second kappa shape index (κ2) is 6.30. The van der Waals surface area contributed by atoms with E-state index in [9.17, 15) is 8.42 Å². The van der Waals surface area contributed by atoms with Crippen molar-refractivity contribution in [3.8, 4) is 0 Å². The molecule has 20 heavy (non-hydrogen) atoms. The summed E-state index contributed by atoms with van der Waals surface area (Å²) in [6.45, 7) is 6.05. The van der Waals surface area contributed by atoms with Gasteiger partial charge in [-0.25, -0.2) is 12.7 Å². The lowest BCUT2D eigenvalue weighted by atomic mass is 10.00. The molecule has 0 bridgehead atoms. The average molecular weight is 302 g/mol. The lowest BCUT2D eigenvalue weighted by molar-refractivity contribution is 0.277. The predicted molar refractivity (Wildman–Crippen MR) is 81.0 cm³/mol. The van der Waals surface area contributed by atoms with Crippen molar-refractivity contribution in [2.75, 3.05) is 39.0 Å². The molecule has 0 aromatic carbocycles. The molecule has 2 aliphatic rings. The number of hydrogen-bond donors (Lipinski definition) is 1. The quantitative estimate of drug-likeness (QED) is 0.601. The van der Waals surface area contributed by atoms with E-state index in [2.05, 4.69) is 16.8 Å². The van der Waals surface area contributed by atoms with Crippen LogP contribution in [0.15, 0.2) is 4.99 Å². The van der Waals surface area contributed by atoms with Crippen LogP contribution >= 0.6 is 0 Å². The molecular formula is C13H26N4O2S. The molecule has 7 heteroatoms. The van der Waals surface area contributed by atoms with Crippen molar-refractivity contribution >= 4 is 16.0 Å². The standard InChI is InChI=1S/C13H26N4O2S/c1-11-3-6-16(7-4-11)13(14)15-9-12-5-8-17(10-12)20(2,18)19/h11-12H,3-10H2,1-2H3,(H2,14,15). The molecule has 2 aliphatic heterocycles. The number of nitrogens with two attached hydrogens (primary N) is 1. The third-order valence-electron chi connectivity index (χ3n) is 4.34.